The fourth-order valence-corrected chi connectivity index (χ4v) is 2.86. The van der Waals surface area contributed by atoms with Crippen LogP contribution in [0.4, 0.5) is 4.79 Å². The molecule has 2 rings (SSSR count). The van der Waals surface area contributed by atoms with Crippen LogP contribution in [0.2, 0.25) is 0 Å². The average molecular weight is 305 g/mol. The van der Waals surface area contributed by atoms with Crippen molar-refractivity contribution in [3.63, 3.8) is 0 Å². The van der Waals surface area contributed by atoms with Crippen molar-refractivity contribution in [1.82, 2.24) is 15.5 Å². The van der Waals surface area contributed by atoms with Crippen molar-refractivity contribution in [2.24, 2.45) is 0 Å². The third kappa shape index (κ3) is 5.31. The first-order chi connectivity index (χ1) is 10.5. The molecule has 1 aliphatic carbocycles. The first kappa shape index (κ1) is 16.8. The molecule has 0 heterocycles. The summed E-state index contributed by atoms with van der Waals surface area (Å²) in [6, 6.07) is 8.22. The second-order valence-electron chi connectivity index (χ2n) is 6.34. The molecule has 0 radical (unpaired) electrons. The molecule has 1 aromatic carbocycles. The predicted octanol–water partition coefficient (Wildman–Crippen LogP) is 1.85. The van der Waals surface area contributed by atoms with Gasteiger partial charge in [-0.1, -0.05) is 24.3 Å². The molecule has 0 unspecified atom stereocenters. The van der Waals surface area contributed by atoms with Gasteiger partial charge < -0.3 is 20.6 Å². The molecule has 0 saturated heterocycles. The number of hydrogen-bond donors (Lipinski definition) is 3. The average Bonchev–Trinajstić information content (AvgIpc) is 2.48. The van der Waals surface area contributed by atoms with Crippen LogP contribution in [0.15, 0.2) is 24.3 Å². The molecular weight excluding hydrogens is 278 g/mol. The second kappa shape index (κ2) is 8.15. The molecule has 22 heavy (non-hydrogen) atoms. The molecule has 3 N–H and O–H groups in total. The maximum Gasteiger partial charge on any atom is 0.315 e. The number of nitrogens with zero attached hydrogens (tertiary/aromatic N) is 1. The van der Waals surface area contributed by atoms with Crippen LogP contribution in [0.5, 0.6) is 0 Å². The number of nitrogens with one attached hydrogen (secondary N) is 2. The predicted molar refractivity (Wildman–Crippen MR) is 87.5 cm³/mol. The van der Waals surface area contributed by atoms with Crippen LogP contribution < -0.4 is 10.6 Å². The Morgan fingerprint density at radius 3 is 2.45 bits per heavy atom. The van der Waals surface area contributed by atoms with Gasteiger partial charge in [0.2, 0.25) is 0 Å². The smallest absolute Gasteiger partial charge is 0.315 e. The highest BCUT2D eigenvalue weighted by Gasteiger charge is 2.20. The van der Waals surface area contributed by atoms with Gasteiger partial charge in [-0.05, 0) is 50.9 Å². The van der Waals surface area contributed by atoms with Crippen LogP contribution in [-0.2, 0) is 13.1 Å². The highest BCUT2D eigenvalue weighted by Crippen LogP contribution is 2.18. The summed E-state index contributed by atoms with van der Waals surface area (Å²) in [4.78, 5) is 14.1. The van der Waals surface area contributed by atoms with Crippen molar-refractivity contribution in [3.8, 4) is 0 Å². The summed E-state index contributed by atoms with van der Waals surface area (Å²) >= 11 is 0. The number of aliphatic hydroxyl groups excluding tert-OH is 1. The molecule has 0 spiro atoms. The van der Waals surface area contributed by atoms with Crippen molar-refractivity contribution in [3.05, 3.63) is 35.4 Å². The summed E-state index contributed by atoms with van der Waals surface area (Å²) in [7, 11) is 4.07. The lowest BCUT2D eigenvalue weighted by molar-refractivity contribution is 0.117. The molecule has 0 atom stereocenters. The minimum atomic E-state index is -0.195. The normalized spacial score (nSPS) is 21.6. The molecule has 5 heteroatoms. The van der Waals surface area contributed by atoms with E-state index in [1.807, 2.05) is 26.2 Å². The minimum absolute atomic E-state index is 0.124. The lowest BCUT2D eigenvalue weighted by Gasteiger charge is -2.26. The zero-order valence-corrected chi connectivity index (χ0v) is 13.5. The molecule has 1 aromatic rings. The lowest BCUT2D eigenvalue weighted by atomic mass is 9.93. The number of rotatable bonds is 5. The van der Waals surface area contributed by atoms with E-state index in [4.69, 9.17) is 0 Å². The summed E-state index contributed by atoms with van der Waals surface area (Å²) in [5.74, 6) is 0. The summed E-state index contributed by atoms with van der Waals surface area (Å²) in [5.41, 5.74) is 2.37. The van der Waals surface area contributed by atoms with Gasteiger partial charge in [-0.15, -0.1) is 0 Å². The molecule has 0 aliphatic heterocycles. The van der Waals surface area contributed by atoms with E-state index in [0.717, 1.165) is 37.8 Å². The standard InChI is InChI=1S/C17H27N3O2/c1-20(2)12-14-6-4-3-5-13(14)11-18-17(22)19-15-7-9-16(21)10-8-15/h3-6,15-16,21H,7-12H2,1-2H3,(H2,18,19,22). The van der Waals surface area contributed by atoms with Gasteiger partial charge in [0.05, 0.1) is 6.10 Å². The molecule has 5 nitrogen and oxygen atoms in total. The van der Waals surface area contributed by atoms with Crippen LogP contribution in [0.1, 0.15) is 36.8 Å². The SMILES string of the molecule is CN(C)Cc1ccccc1CNC(=O)NC1CCC(O)CC1. The fourth-order valence-electron chi connectivity index (χ4n) is 2.86. The van der Waals surface area contributed by atoms with Gasteiger partial charge in [-0.3, -0.25) is 0 Å². The molecule has 0 aromatic heterocycles. The van der Waals surface area contributed by atoms with Gasteiger partial charge >= 0.3 is 6.03 Å². The highest BCUT2D eigenvalue weighted by atomic mass is 16.3. The maximum atomic E-state index is 12.0. The molecule has 0 bridgehead atoms. The highest BCUT2D eigenvalue weighted by molar-refractivity contribution is 5.74. The first-order valence-corrected chi connectivity index (χ1v) is 7.98. The van der Waals surface area contributed by atoms with Gasteiger partial charge in [0, 0.05) is 19.1 Å². The Kier molecular flexibility index (Phi) is 6.21. The Labute approximate surface area is 132 Å². The van der Waals surface area contributed by atoms with Gasteiger partial charge in [0.1, 0.15) is 0 Å². The first-order valence-electron chi connectivity index (χ1n) is 7.98. The van der Waals surface area contributed by atoms with Gasteiger partial charge in [0.25, 0.3) is 0 Å². The summed E-state index contributed by atoms with van der Waals surface area (Å²) in [6.07, 6.45) is 3.06. The summed E-state index contributed by atoms with van der Waals surface area (Å²) in [5, 5.41) is 15.4. The largest absolute Gasteiger partial charge is 0.393 e. The Morgan fingerprint density at radius 1 is 1.18 bits per heavy atom. The van der Waals surface area contributed by atoms with Crippen molar-refractivity contribution < 1.29 is 9.90 Å². The van der Waals surface area contributed by atoms with Crippen LogP contribution in [0.3, 0.4) is 0 Å². The van der Waals surface area contributed by atoms with Crippen molar-refractivity contribution in [1.29, 1.82) is 0 Å². The van der Waals surface area contributed by atoms with Crippen molar-refractivity contribution in [2.45, 2.75) is 50.9 Å². The van der Waals surface area contributed by atoms with Crippen LogP contribution >= 0.6 is 0 Å². The maximum absolute atomic E-state index is 12.0. The molecule has 2 amide bonds. The number of carbonyl (C=O) groups excluding carboxylic acids is 1. The number of benzene rings is 1. The van der Waals surface area contributed by atoms with Gasteiger partial charge in [-0.25, -0.2) is 4.79 Å². The third-order valence-corrected chi connectivity index (χ3v) is 4.08. The Bertz CT molecular complexity index is 483. The van der Waals surface area contributed by atoms with E-state index in [1.165, 1.54) is 5.56 Å². The Hall–Kier alpha value is -1.59. The second-order valence-corrected chi connectivity index (χ2v) is 6.34. The van der Waals surface area contributed by atoms with Gasteiger partial charge in [-0.2, -0.15) is 0 Å². The third-order valence-electron chi connectivity index (χ3n) is 4.08. The van der Waals surface area contributed by atoms with E-state index in [1.54, 1.807) is 0 Å². The quantitative estimate of drug-likeness (QED) is 0.778. The van der Waals surface area contributed by atoms with E-state index >= 15 is 0 Å². The minimum Gasteiger partial charge on any atom is -0.393 e. The zero-order valence-electron chi connectivity index (χ0n) is 13.5. The van der Waals surface area contributed by atoms with Crippen molar-refractivity contribution in [2.75, 3.05) is 14.1 Å². The van der Waals surface area contributed by atoms with Crippen LogP contribution in [-0.4, -0.2) is 42.3 Å². The molecule has 1 fully saturated rings. The summed E-state index contributed by atoms with van der Waals surface area (Å²) in [6.45, 7) is 1.39. The van der Waals surface area contributed by atoms with Crippen LogP contribution in [0.25, 0.3) is 0 Å². The zero-order chi connectivity index (χ0) is 15.9. The Morgan fingerprint density at radius 2 is 1.82 bits per heavy atom. The fraction of sp³-hybridized carbons (Fsp3) is 0.588. The number of hydrogen-bond acceptors (Lipinski definition) is 3. The molecular formula is C17H27N3O2. The van der Waals surface area contributed by atoms with E-state index < -0.39 is 0 Å². The number of aliphatic hydroxyl groups is 1. The topological polar surface area (TPSA) is 64.6 Å². The van der Waals surface area contributed by atoms with Crippen molar-refractivity contribution >= 4 is 6.03 Å². The lowest BCUT2D eigenvalue weighted by Crippen LogP contribution is -2.44. The molecule has 1 saturated carbocycles. The summed E-state index contributed by atoms with van der Waals surface area (Å²) < 4.78 is 0. The van der Waals surface area contributed by atoms with Gasteiger partial charge in [0.15, 0.2) is 0 Å². The molecule has 122 valence electrons. The number of carbonyl (C=O) groups is 1. The van der Waals surface area contributed by atoms with E-state index in [9.17, 15) is 9.90 Å². The molecule has 1 aliphatic rings. The number of amides is 2. The van der Waals surface area contributed by atoms with E-state index in [2.05, 4.69) is 27.7 Å². The monoisotopic (exact) mass is 305 g/mol. The van der Waals surface area contributed by atoms with E-state index in [-0.39, 0.29) is 18.2 Å². The number of urea groups is 1. The van der Waals surface area contributed by atoms with E-state index in [0.29, 0.717) is 6.54 Å². The Balaban J connectivity index is 1.81. The van der Waals surface area contributed by atoms with Crippen LogP contribution in [0, 0.1) is 0 Å².